The van der Waals surface area contributed by atoms with Crippen molar-refractivity contribution in [3.8, 4) is 0 Å². The van der Waals surface area contributed by atoms with Crippen molar-refractivity contribution in [3.05, 3.63) is 22.8 Å². The van der Waals surface area contributed by atoms with Crippen LogP contribution in [0.1, 0.15) is 31.2 Å². The SMILES string of the molecule is CNCc1cc(N(C)CC2CC3CCC2C3)ncc1Cl. The van der Waals surface area contributed by atoms with Gasteiger partial charge in [-0.2, -0.15) is 0 Å². The highest BCUT2D eigenvalue weighted by molar-refractivity contribution is 6.31. The zero-order chi connectivity index (χ0) is 14.1. The molecule has 0 aliphatic heterocycles. The van der Waals surface area contributed by atoms with Crippen molar-refractivity contribution < 1.29 is 0 Å². The molecular formula is C16H24ClN3. The number of rotatable bonds is 5. The van der Waals surface area contributed by atoms with Gasteiger partial charge in [0.1, 0.15) is 5.82 Å². The fourth-order valence-electron chi connectivity index (χ4n) is 4.05. The molecule has 2 fully saturated rings. The summed E-state index contributed by atoms with van der Waals surface area (Å²) >= 11 is 6.18. The Morgan fingerprint density at radius 1 is 1.40 bits per heavy atom. The predicted molar refractivity (Wildman–Crippen MR) is 84.2 cm³/mol. The molecule has 3 nitrogen and oxygen atoms in total. The van der Waals surface area contributed by atoms with Gasteiger partial charge in [0.25, 0.3) is 0 Å². The predicted octanol–water partition coefficient (Wildman–Crippen LogP) is 3.33. The van der Waals surface area contributed by atoms with Crippen LogP contribution in [0.2, 0.25) is 5.02 Å². The molecule has 2 aliphatic carbocycles. The Labute approximate surface area is 126 Å². The quantitative estimate of drug-likeness (QED) is 0.902. The van der Waals surface area contributed by atoms with E-state index in [-0.39, 0.29) is 0 Å². The second-order valence-corrected chi connectivity index (χ2v) is 6.89. The molecule has 1 heterocycles. The summed E-state index contributed by atoms with van der Waals surface area (Å²) in [6.07, 6.45) is 7.59. The van der Waals surface area contributed by atoms with Gasteiger partial charge in [0.05, 0.1) is 5.02 Å². The highest BCUT2D eigenvalue weighted by Crippen LogP contribution is 2.48. The van der Waals surface area contributed by atoms with Crippen molar-refractivity contribution in [3.63, 3.8) is 0 Å². The van der Waals surface area contributed by atoms with E-state index in [0.717, 1.165) is 47.2 Å². The maximum atomic E-state index is 6.18. The molecule has 2 bridgehead atoms. The third kappa shape index (κ3) is 2.79. The molecule has 1 aromatic rings. The molecule has 0 spiro atoms. The number of nitrogens with one attached hydrogen (secondary N) is 1. The maximum absolute atomic E-state index is 6.18. The Kier molecular flexibility index (Phi) is 4.18. The first-order valence-corrected chi connectivity index (χ1v) is 8.05. The van der Waals surface area contributed by atoms with Crippen LogP contribution in [0, 0.1) is 17.8 Å². The summed E-state index contributed by atoms with van der Waals surface area (Å²) in [7, 11) is 4.10. The van der Waals surface area contributed by atoms with Gasteiger partial charge in [-0.05, 0) is 55.7 Å². The van der Waals surface area contributed by atoms with Gasteiger partial charge in [0, 0.05) is 26.3 Å². The largest absolute Gasteiger partial charge is 0.359 e. The lowest BCUT2D eigenvalue weighted by molar-refractivity contribution is 0.337. The van der Waals surface area contributed by atoms with Crippen LogP contribution in [0.5, 0.6) is 0 Å². The van der Waals surface area contributed by atoms with Crippen molar-refractivity contribution in [1.29, 1.82) is 0 Å². The van der Waals surface area contributed by atoms with Crippen LogP contribution < -0.4 is 10.2 Å². The Hall–Kier alpha value is -0.800. The van der Waals surface area contributed by atoms with Crippen LogP contribution in [0.4, 0.5) is 5.82 Å². The lowest BCUT2D eigenvalue weighted by Gasteiger charge is -2.28. The topological polar surface area (TPSA) is 28.2 Å². The van der Waals surface area contributed by atoms with Crippen LogP contribution in [0.3, 0.4) is 0 Å². The Bertz CT molecular complexity index is 477. The molecule has 2 aliphatic rings. The van der Waals surface area contributed by atoms with Crippen LogP contribution in [0.15, 0.2) is 12.3 Å². The minimum Gasteiger partial charge on any atom is -0.359 e. The first-order chi connectivity index (χ1) is 9.67. The summed E-state index contributed by atoms with van der Waals surface area (Å²) < 4.78 is 0. The van der Waals surface area contributed by atoms with E-state index in [2.05, 4.69) is 28.3 Å². The molecule has 0 radical (unpaired) electrons. The summed E-state index contributed by atoms with van der Waals surface area (Å²) in [6.45, 7) is 1.92. The molecule has 4 heteroatoms. The van der Waals surface area contributed by atoms with Gasteiger partial charge < -0.3 is 10.2 Å². The lowest BCUT2D eigenvalue weighted by atomic mass is 9.88. The minimum atomic E-state index is 0.747. The standard InChI is InChI=1S/C16H24ClN3/c1-18-8-13-7-16(19-9-15(13)17)20(2)10-14-6-11-3-4-12(14)5-11/h7,9,11-12,14,18H,3-6,8,10H2,1-2H3. The average molecular weight is 294 g/mol. The Balaban J connectivity index is 1.67. The van der Waals surface area contributed by atoms with Crippen molar-refractivity contribution in [2.75, 3.05) is 25.5 Å². The summed E-state index contributed by atoms with van der Waals surface area (Å²) in [4.78, 5) is 6.80. The number of hydrogen-bond acceptors (Lipinski definition) is 3. The highest BCUT2D eigenvalue weighted by atomic mass is 35.5. The minimum absolute atomic E-state index is 0.747. The smallest absolute Gasteiger partial charge is 0.128 e. The fraction of sp³-hybridized carbons (Fsp3) is 0.688. The number of aromatic nitrogens is 1. The molecule has 0 saturated heterocycles. The van der Waals surface area contributed by atoms with E-state index in [4.69, 9.17) is 11.6 Å². The van der Waals surface area contributed by atoms with E-state index < -0.39 is 0 Å². The van der Waals surface area contributed by atoms with E-state index in [1.165, 1.54) is 25.7 Å². The summed E-state index contributed by atoms with van der Waals surface area (Å²) in [5.74, 6) is 3.88. The normalized spacial score (nSPS) is 28.1. The Morgan fingerprint density at radius 2 is 2.25 bits per heavy atom. The van der Waals surface area contributed by atoms with Crippen molar-refractivity contribution >= 4 is 17.4 Å². The zero-order valence-electron chi connectivity index (χ0n) is 12.4. The summed E-state index contributed by atoms with van der Waals surface area (Å²) in [6, 6.07) is 2.12. The Morgan fingerprint density at radius 3 is 2.90 bits per heavy atom. The monoisotopic (exact) mass is 293 g/mol. The molecule has 3 rings (SSSR count). The van der Waals surface area contributed by atoms with Gasteiger partial charge in [0.15, 0.2) is 0 Å². The van der Waals surface area contributed by atoms with E-state index in [1.54, 1.807) is 6.20 Å². The van der Waals surface area contributed by atoms with Crippen LogP contribution in [0.25, 0.3) is 0 Å². The van der Waals surface area contributed by atoms with E-state index in [9.17, 15) is 0 Å². The molecule has 0 amide bonds. The summed E-state index contributed by atoms with van der Waals surface area (Å²) in [5, 5.41) is 3.90. The van der Waals surface area contributed by atoms with Crippen molar-refractivity contribution in [1.82, 2.24) is 10.3 Å². The number of pyridine rings is 1. The van der Waals surface area contributed by atoms with Crippen molar-refractivity contribution in [2.24, 2.45) is 17.8 Å². The van der Waals surface area contributed by atoms with Gasteiger partial charge in [-0.15, -0.1) is 0 Å². The molecule has 0 aromatic carbocycles. The third-order valence-electron chi connectivity index (χ3n) is 5.07. The van der Waals surface area contributed by atoms with Crippen molar-refractivity contribution in [2.45, 2.75) is 32.2 Å². The number of hydrogen-bond donors (Lipinski definition) is 1. The van der Waals surface area contributed by atoms with E-state index in [1.807, 2.05) is 7.05 Å². The van der Waals surface area contributed by atoms with Gasteiger partial charge in [-0.1, -0.05) is 18.0 Å². The van der Waals surface area contributed by atoms with Gasteiger partial charge >= 0.3 is 0 Å². The molecule has 1 N–H and O–H groups in total. The highest BCUT2D eigenvalue weighted by Gasteiger charge is 2.39. The number of anilines is 1. The lowest BCUT2D eigenvalue weighted by Crippen LogP contribution is -2.29. The number of nitrogens with zero attached hydrogens (tertiary/aromatic N) is 2. The van der Waals surface area contributed by atoms with Crippen LogP contribution in [-0.4, -0.2) is 25.6 Å². The molecule has 3 atom stereocenters. The molecule has 20 heavy (non-hydrogen) atoms. The maximum Gasteiger partial charge on any atom is 0.128 e. The second-order valence-electron chi connectivity index (χ2n) is 6.48. The molecule has 110 valence electrons. The van der Waals surface area contributed by atoms with Gasteiger partial charge in [-0.3, -0.25) is 0 Å². The first-order valence-electron chi connectivity index (χ1n) is 7.67. The molecule has 3 unspecified atom stereocenters. The van der Waals surface area contributed by atoms with Gasteiger partial charge in [0.2, 0.25) is 0 Å². The first kappa shape index (κ1) is 14.2. The number of halogens is 1. The second kappa shape index (κ2) is 5.90. The van der Waals surface area contributed by atoms with E-state index in [0.29, 0.717) is 0 Å². The molecule has 2 saturated carbocycles. The number of fused-ring (bicyclic) bond motifs is 2. The fourth-order valence-corrected chi connectivity index (χ4v) is 4.22. The average Bonchev–Trinajstić information content (AvgIpc) is 3.03. The molecular weight excluding hydrogens is 270 g/mol. The van der Waals surface area contributed by atoms with Gasteiger partial charge in [-0.25, -0.2) is 4.98 Å². The third-order valence-corrected chi connectivity index (χ3v) is 5.41. The van der Waals surface area contributed by atoms with Crippen LogP contribution >= 0.6 is 11.6 Å². The summed E-state index contributed by atoms with van der Waals surface area (Å²) in [5.41, 5.74) is 1.12. The van der Waals surface area contributed by atoms with Crippen LogP contribution in [-0.2, 0) is 6.54 Å². The molecule has 1 aromatic heterocycles. The zero-order valence-corrected chi connectivity index (χ0v) is 13.2. The van der Waals surface area contributed by atoms with E-state index >= 15 is 0 Å².